The summed E-state index contributed by atoms with van der Waals surface area (Å²) >= 11 is 11.6. The molecule has 1 amide bonds. The SMILES string of the molecule is Cc1cccc(Oc2ccc(NC(=O)c3cnc(Cl)c(Cl)c3)cc2)c1. The predicted molar refractivity (Wildman–Crippen MR) is 99.9 cm³/mol. The molecule has 1 aromatic heterocycles. The van der Waals surface area contributed by atoms with Gasteiger partial charge in [0.05, 0.1) is 10.6 Å². The molecule has 0 spiro atoms. The van der Waals surface area contributed by atoms with E-state index in [1.807, 2.05) is 31.2 Å². The van der Waals surface area contributed by atoms with Crippen LogP contribution in [-0.2, 0) is 0 Å². The molecule has 0 atom stereocenters. The Bertz CT molecular complexity index is 912. The Hall–Kier alpha value is -2.56. The zero-order chi connectivity index (χ0) is 17.8. The average Bonchev–Trinajstić information content (AvgIpc) is 2.59. The molecule has 0 saturated heterocycles. The number of aromatic nitrogens is 1. The van der Waals surface area contributed by atoms with Crippen LogP contribution >= 0.6 is 23.2 Å². The van der Waals surface area contributed by atoms with Gasteiger partial charge in [0.2, 0.25) is 0 Å². The Kier molecular flexibility index (Phi) is 5.22. The summed E-state index contributed by atoms with van der Waals surface area (Å²) in [5.41, 5.74) is 2.08. The molecule has 126 valence electrons. The lowest BCUT2D eigenvalue weighted by Gasteiger charge is -2.09. The molecule has 0 radical (unpaired) electrons. The zero-order valence-corrected chi connectivity index (χ0v) is 14.8. The number of ether oxygens (including phenoxy) is 1. The first kappa shape index (κ1) is 17.3. The number of carbonyl (C=O) groups is 1. The normalized spacial score (nSPS) is 10.4. The Morgan fingerprint density at radius 3 is 2.48 bits per heavy atom. The summed E-state index contributed by atoms with van der Waals surface area (Å²) in [6.45, 7) is 2.00. The summed E-state index contributed by atoms with van der Waals surface area (Å²) in [5, 5.41) is 3.16. The highest BCUT2D eigenvalue weighted by molar-refractivity contribution is 6.41. The third-order valence-corrected chi connectivity index (χ3v) is 4.08. The third-order valence-electron chi connectivity index (χ3n) is 3.40. The predicted octanol–water partition coefficient (Wildman–Crippen LogP) is 5.74. The van der Waals surface area contributed by atoms with Crippen molar-refractivity contribution in [2.75, 3.05) is 5.32 Å². The lowest BCUT2D eigenvalue weighted by Crippen LogP contribution is -2.12. The molecule has 0 saturated carbocycles. The maximum Gasteiger partial charge on any atom is 0.257 e. The molecular formula is C19H14Cl2N2O2. The molecule has 4 nitrogen and oxygen atoms in total. The molecular weight excluding hydrogens is 359 g/mol. The third kappa shape index (κ3) is 4.50. The molecule has 3 aromatic rings. The summed E-state index contributed by atoms with van der Waals surface area (Å²) < 4.78 is 5.78. The van der Waals surface area contributed by atoms with E-state index in [4.69, 9.17) is 27.9 Å². The van der Waals surface area contributed by atoms with Crippen molar-refractivity contribution in [3.05, 3.63) is 82.1 Å². The van der Waals surface area contributed by atoms with Crippen molar-refractivity contribution >= 4 is 34.8 Å². The van der Waals surface area contributed by atoms with Gasteiger partial charge in [0.25, 0.3) is 5.91 Å². The van der Waals surface area contributed by atoms with Crippen LogP contribution in [0.3, 0.4) is 0 Å². The van der Waals surface area contributed by atoms with E-state index >= 15 is 0 Å². The highest BCUT2D eigenvalue weighted by Gasteiger charge is 2.09. The Labute approximate surface area is 155 Å². The molecule has 2 aromatic carbocycles. The first-order chi connectivity index (χ1) is 12.0. The lowest BCUT2D eigenvalue weighted by molar-refractivity contribution is 0.102. The molecule has 0 aliphatic heterocycles. The number of anilines is 1. The summed E-state index contributed by atoms with van der Waals surface area (Å²) in [6.07, 6.45) is 1.37. The van der Waals surface area contributed by atoms with Gasteiger partial charge in [-0.1, -0.05) is 35.3 Å². The van der Waals surface area contributed by atoms with Gasteiger partial charge < -0.3 is 10.1 Å². The molecule has 0 unspecified atom stereocenters. The molecule has 0 bridgehead atoms. The van der Waals surface area contributed by atoms with E-state index in [1.165, 1.54) is 12.3 Å². The molecule has 3 rings (SSSR count). The van der Waals surface area contributed by atoms with E-state index in [9.17, 15) is 4.79 Å². The fraction of sp³-hybridized carbons (Fsp3) is 0.0526. The second-order valence-electron chi connectivity index (χ2n) is 5.39. The van der Waals surface area contributed by atoms with Gasteiger partial charge in [-0.25, -0.2) is 4.98 Å². The van der Waals surface area contributed by atoms with Crippen LogP contribution in [0.1, 0.15) is 15.9 Å². The number of halogens is 2. The summed E-state index contributed by atoms with van der Waals surface area (Å²) in [7, 11) is 0. The smallest absolute Gasteiger partial charge is 0.257 e. The van der Waals surface area contributed by atoms with Crippen molar-refractivity contribution < 1.29 is 9.53 Å². The van der Waals surface area contributed by atoms with Gasteiger partial charge in [0.1, 0.15) is 16.7 Å². The average molecular weight is 373 g/mol. The standard InChI is InChI=1S/C19H14Cl2N2O2/c1-12-3-2-4-16(9-12)25-15-7-5-14(6-8-15)23-19(24)13-10-17(20)18(21)22-11-13/h2-11H,1H3,(H,23,24). The van der Waals surface area contributed by atoms with Crippen LogP contribution < -0.4 is 10.1 Å². The van der Waals surface area contributed by atoms with E-state index in [0.717, 1.165) is 11.3 Å². The van der Waals surface area contributed by atoms with Crippen molar-refractivity contribution in [3.8, 4) is 11.5 Å². The van der Waals surface area contributed by atoms with Gasteiger partial charge in [-0.05, 0) is 55.0 Å². The number of hydrogen-bond acceptors (Lipinski definition) is 3. The molecule has 0 aliphatic carbocycles. The van der Waals surface area contributed by atoms with Crippen LogP contribution in [-0.4, -0.2) is 10.9 Å². The second-order valence-corrected chi connectivity index (χ2v) is 6.16. The number of pyridine rings is 1. The summed E-state index contributed by atoms with van der Waals surface area (Å²) in [6, 6.07) is 16.3. The maximum absolute atomic E-state index is 12.2. The topological polar surface area (TPSA) is 51.2 Å². The van der Waals surface area contributed by atoms with Gasteiger partial charge in [-0.15, -0.1) is 0 Å². The monoisotopic (exact) mass is 372 g/mol. The molecule has 0 fully saturated rings. The van der Waals surface area contributed by atoms with Gasteiger partial charge in [0, 0.05) is 11.9 Å². The van der Waals surface area contributed by atoms with E-state index in [1.54, 1.807) is 24.3 Å². The minimum absolute atomic E-state index is 0.163. The van der Waals surface area contributed by atoms with Crippen LogP contribution in [0.4, 0.5) is 5.69 Å². The fourth-order valence-corrected chi connectivity index (χ4v) is 2.44. The van der Waals surface area contributed by atoms with Crippen molar-refractivity contribution in [2.24, 2.45) is 0 Å². The quantitative estimate of drug-likeness (QED) is 0.593. The minimum Gasteiger partial charge on any atom is -0.457 e. The second kappa shape index (κ2) is 7.55. The molecule has 0 aliphatic rings. The Morgan fingerprint density at radius 1 is 1.04 bits per heavy atom. The first-order valence-corrected chi connectivity index (χ1v) is 8.24. The van der Waals surface area contributed by atoms with E-state index in [2.05, 4.69) is 10.3 Å². The number of benzene rings is 2. The van der Waals surface area contributed by atoms with Gasteiger partial charge in [0.15, 0.2) is 0 Å². The number of rotatable bonds is 4. The van der Waals surface area contributed by atoms with E-state index < -0.39 is 0 Å². The number of nitrogens with one attached hydrogen (secondary N) is 1. The Morgan fingerprint density at radius 2 is 1.80 bits per heavy atom. The largest absolute Gasteiger partial charge is 0.457 e. The summed E-state index contributed by atoms with van der Waals surface area (Å²) in [4.78, 5) is 16.1. The van der Waals surface area contributed by atoms with Crippen LogP contribution in [0.25, 0.3) is 0 Å². The lowest BCUT2D eigenvalue weighted by atomic mass is 10.2. The van der Waals surface area contributed by atoms with Crippen LogP contribution in [0, 0.1) is 6.92 Å². The number of amides is 1. The van der Waals surface area contributed by atoms with Gasteiger partial charge >= 0.3 is 0 Å². The van der Waals surface area contributed by atoms with Crippen molar-refractivity contribution in [1.82, 2.24) is 4.98 Å². The molecule has 6 heteroatoms. The summed E-state index contributed by atoms with van der Waals surface area (Å²) in [5.74, 6) is 1.12. The number of nitrogens with zero attached hydrogens (tertiary/aromatic N) is 1. The van der Waals surface area contributed by atoms with E-state index in [-0.39, 0.29) is 16.1 Å². The fourth-order valence-electron chi connectivity index (χ4n) is 2.17. The molecule has 1 heterocycles. The zero-order valence-electron chi connectivity index (χ0n) is 13.3. The first-order valence-electron chi connectivity index (χ1n) is 7.48. The molecule has 1 N–H and O–H groups in total. The van der Waals surface area contributed by atoms with Crippen LogP contribution in [0.2, 0.25) is 10.2 Å². The van der Waals surface area contributed by atoms with Gasteiger partial charge in [-0.3, -0.25) is 4.79 Å². The number of carbonyl (C=O) groups excluding carboxylic acids is 1. The van der Waals surface area contributed by atoms with Gasteiger partial charge in [-0.2, -0.15) is 0 Å². The maximum atomic E-state index is 12.2. The Balaban J connectivity index is 1.67. The van der Waals surface area contributed by atoms with E-state index in [0.29, 0.717) is 17.0 Å². The molecule has 25 heavy (non-hydrogen) atoms. The highest BCUT2D eigenvalue weighted by Crippen LogP contribution is 2.24. The minimum atomic E-state index is -0.321. The highest BCUT2D eigenvalue weighted by atomic mass is 35.5. The number of aryl methyl sites for hydroxylation is 1. The van der Waals surface area contributed by atoms with Crippen LogP contribution in [0.15, 0.2) is 60.8 Å². The van der Waals surface area contributed by atoms with Crippen LogP contribution in [0.5, 0.6) is 11.5 Å². The van der Waals surface area contributed by atoms with Crippen molar-refractivity contribution in [3.63, 3.8) is 0 Å². The van der Waals surface area contributed by atoms with Crippen molar-refractivity contribution in [1.29, 1.82) is 0 Å². The number of hydrogen-bond donors (Lipinski definition) is 1. The van der Waals surface area contributed by atoms with Crippen molar-refractivity contribution in [2.45, 2.75) is 6.92 Å².